The zero-order valence-corrected chi connectivity index (χ0v) is 16.1. The van der Waals surface area contributed by atoms with Crippen LogP contribution in [0.1, 0.15) is 31.3 Å². The molecule has 0 aliphatic rings. The second-order valence-electron chi connectivity index (χ2n) is 6.26. The normalized spacial score (nSPS) is 11.0. The Balaban J connectivity index is 2.68. The van der Waals surface area contributed by atoms with Crippen molar-refractivity contribution in [3.63, 3.8) is 0 Å². The molecule has 0 aliphatic heterocycles. The molecule has 0 spiro atoms. The van der Waals surface area contributed by atoms with Gasteiger partial charge in [-0.15, -0.1) is 11.3 Å². The van der Waals surface area contributed by atoms with Crippen LogP contribution >= 0.6 is 11.3 Å². The Hall–Kier alpha value is -3.08. The van der Waals surface area contributed by atoms with E-state index in [9.17, 15) is 19.7 Å². The Bertz CT molecular complexity index is 902. The molecule has 0 saturated carbocycles. The zero-order chi connectivity index (χ0) is 20.4. The van der Waals surface area contributed by atoms with E-state index in [2.05, 4.69) is 14.7 Å². The van der Waals surface area contributed by atoms with Crippen molar-refractivity contribution in [1.82, 2.24) is 9.97 Å². The molecule has 0 amide bonds. The second-order valence-corrected chi connectivity index (χ2v) is 7.17. The van der Waals surface area contributed by atoms with Gasteiger partial charge in [0.15, 0.2) is 11.5 Å². The standard InChI is InChI=1S/C16H17N3O7S/c1-16(2,3)15(21)26-10-9(14(20)25-5)17-12(18-13(10)24-4)11-8(19(22)23)6-7-27-11/h6-7H,1-5H3. The summed E-state index contributed by atoms with van der Waals surface area (Å²) >= 11 is 1.02. The molecule has 2 aromatic rings. The third kappa shape index (κ3) is 4.19. The molecular weight excluding hydrogens is 378 g/mol. The number of ether oxygens (including phenoxy) is 3. The predicted molar refractivity (Wildman–Crippen MR) is 95.0 cm³/mol. The summed E-state index contributed by atoms with van der Waals surface area (Å²) in [5.74, 6) is -2.21. The van der Waals surface area contributed by atoms with Gasteiger partial charge in [0.2, 0.25) is 5.75 Å². The fourth-order valence-corrected chi connectivity index (χ4v) is 2.65. The maximum absolute atomic E-state index is 12.2. The lowest BCUT2D eigenvalue weighted by Gasteiger charge is -2.18. The smallest absolute Gasteiger partial charge is 0.360 e. The molecule has 2 rings (SSSR count). The number of carbonyl (C=O) groups excluding carboxylic acids is 2. The van der Waals surface area contributed by atoms with Gasteiger partial charge in [-0.05, 0) is 26.2 Å². The number of hydrogen-bond donors (Lipinski definition) is 0. The van der Waals surface area contributed by atoms with Crippen molar-refractivity contribution < 1.29 is 28.7 Å². The van der Waals surface area contributed by atoms with Crippen LogP contribution in [0.25, 0.3) is 10.7 Å². The molecule has 0 bridgehead atoms. The first-order valence-corrected chi connectivity index (χ1v) is 8.47. The number of carbonyl (C=O) groups is 2. The number of rotatable bonds is 5. The average molecular weight is 395 g/mol. The van der Waals surface area contributed by atoms with Crippen LogP contribution in [0.2, 0.25) is 0 Å². The van der Waals surface area contributed by atoms with E-state index in [4.69, 9.17) is 9.47 Å². The van der Waals surface area contributed by atoms with Crippen molar-refractivity contribution in [3.05, 3.63) is 27.3 Å². The summed E-state index contributed by atoms with van der Waals surface area (Å²) in [6.45, 7) is 4.89. The second kappa shape index (κ2) is 7.66. The summed E-state index contributed by atoms with van der Waals surface area (Å²) < 4.78 is 15.1. The molecule has 11 heteroatoms. The highest BCUT2D eigenvalue weighted by molar-refractivity contribution is 7.14. The van der Waals surface area contributed by atoms with Gasteiger partial charge in [0.05, 0.1) is 24.6 Å². The first-order chi connectivity index (χ1) is 12.6. The maximum atomic E-state index is 12.2. The minimum Gasteiger partial charge on any atom is -0.478 e. The van der Waals surface area contributed by atoms with Gasteiger partial charge in [-0.2, -0.15) is 4.98 Å². The van der Waals surface area contributed by atoms with E-state index >= 15 is 0 Å². The SMILES string of the molecule is COC(=O)c1nc(-c2sccc2[N+](=O)[O-])nc(OC)c1OC(=O)C(C)(C)C. The number of nitrogens with zero attached hydrogens (tertiary/aromatic N) is 3. The fraction of sp³-hybridized carbons (Fsp3) is 0.375. The minimum atomic E-state index is -0.909. The van der Waals surface area contributed by atoms with Crippen LogP contribution in [0.3, 0.4) is 0 Å². The summed E-state index contributed by atoms with van der Waals surface area (Å²) in [6, 6.07) is 1.29. The van der Waals surface area contributed by atoms with Gasteiger partial charge in [-0.3, -0.25) is 14.9 Å². The molecule has 0 atom stereocenters. The molecule has 0 N–H and O–H groups in total. The van der Waals surface area contributed by atoms with E-state index < -0.39 is 22.3 Å². The highest BCUT2D eigenvalue weighted by atomic mass is 32.1. The Kier molecular flexibility index (Phi) is 5.74. The van der Waals surface area contributed by atoms with Crippen LogP contribution in [0.5, 0.6) is 11.6 Å². The van der Waals surface area contributed by atoms with Crippen molar-refractivity contribution in [1.29, 1.82) is 0 Å². The number of thiophene rings is 1. The van der Waals surface area contributed by atoms with Crippen LogP contribution in [-0.2, 0) is 9.53 Å². The highest BCUT2D eigenvalue weighted by Gasteiger charge is 2.32. The fourth-order valence-electron chi connectivity index (χ4n) is 1.86. The van der Waals surface area contributed by atoms with Crippen molar-refractivity contribution in [2.75, 3.05) is 14.2 Å². The van der Waals surface area contributed by atoms with E-state index in [1.54, 1.807) is 20.8 Å². The number of aromatic nitrogens is 2. The van der Waals surface area contributed by atoms with Crippen LogP contribution in [0.15, 0.2) is 11.4 Å². The number of esters is 2. The van der Waals surface area contributed by atoms with Crippen molar-refractivity contribution in [2.45, 2.75) is 20.8 Å². The average Bonchev–Trinajstić information content (AvgIpc) is 3.10. The number of hydrogen-bond acceptors (Lipinski definition) is 10. The van der Waals surface area contributed by atoms with Crippen molar-refractivity contribution in [2.24, 2.45) is 5.41 Å². The van der Waals surface area contributed by atoms with Crippen molar-refractivity contribution in [3.8, 4) is 22.3 Å². The predicted octanol–water partition coefficient (Wildman–Crippen LogP) is 2.86. The summed E-state index contributed by atoms with van der Waals surface area (Å²) in [7, 11) is 2.38. The zero-order valence-electron chi connectivity index (χ0n) is 15.3. The lowest BCUT2D eigenvalue weighted by molar-refractivity contribution is -0.383. The molecule has 2 aromatic heterocycles. The van der Waals surface area contributed by atoms with Gasteiger partial charge >= 0.3 is 11.9 Å². The van der Waals surface area contributed by atoms with Crippen LogP contribution < -0.4 is 9.47 Å². The quantitative estimate of drug-likeness (QED) is 0.426. The molecule has 0 radical (unpaired) electrons. The molecule has 0 unspecified atom stereocenters. The van der Waals surface area contributed by atoms with E-state index in [0.29, 0.717) is 0 Å². The molecule has 0 fully saturated rings. The van der Waals surface area contributed by atoms with Gasteiger partial charge < -0.3 is 14.2 Å². The molecule has 0 saturated heterocycles. The van der Waals surface area contributed by atoms with E-state index in [-0.39, 0.29) is 33.7 Å². The van der Waals surface area contributed by atoms with Crippen LogP contribution in [0.4, 0.5) is 5.69 Å². The maximum Gasteiger partial charge on any atom is 0.360 e. The van der Waals surface area contributed by atoms with Gasteiger partial charge in [0, 0.05) is 6.07 Å². The number of nitro groups is 1. The summed E-state index contributed by atoms with van der Waals surface area (Å²) in [5, 5.41) is 12.7. The summed E-state index contributed by atoms with van der Waals surface area (Å²) in [5.41, 5.74) is -1.47. The van der Waals surface area contributed by atoms with Crippen molar-refractivity contribution >= 4 is 29.0 Å². The lowest BCUT2D eigenvalue weighted by atomic mass is 9.97. The van der Waals surface area contributed by atoms with E-state index in [0.717, 1.165) is 18.4 Å². The topological polar surface area (TPSA) is 131 Å². The van der Waals surface area contributed by atoms with Crippen LogP contribution in [-0.4, -0.2) is 41.0 Å². The first kappa shape index (κ1) is 20.2. The Labute approximate surface area is 158 Å². The van der Waals surface area contributed by atoms with Gasteiger partial charge in [-0.25, -0.2) is 9.78 Å². The largest absolute Gasteiger partial charge is 0.478 e. The van der Waals surface area contributed by atoms with E-state index in [1.807, 2.05) is 0 Å². The number of methoxy groups -OCH3 is 2. The molecule has 27 heavy (non-hydrogen) atoms. The first-order valence-electron chi connectivity index (χ1n) is 7.59. The van der Waals surface area contributed by atoms with Gasteiger partial charge in [0.25, 0.3) is 11.6 Å². The third-order valence-corrected chi connectivity index (χ3v) is 4.16. The highest BCUT2D eigenvalue weighted by Crippen LogP contribution is 2.38. The third-order valence-electron chi connectivity index (χ3n) is 3.26. The minimum absolute atomic E-state index is 0.121. The summed E-state index contributed by atoms with van der Waals surface area (Å²) in [4.78, 5) is 43.3. The molecule has 0 aromatic carbocycles. The Morgan fingerprint density at radius 1 is 1.22 bits per heavy atom. The van der Waals surface area contributed by atoms with Gasteiger partial charge in [-0.1, -0.05) is 0 Å². The molecular formula is C16H17N3O7S. The van der Waals surface area contributed by atoms with Crippen LogP contribution in [0, 0.1) is 15.5 Å². The lowest BCUT2D eigenvalue weighted by Crippen LogP contribution is -2.27. The summed E-state index contributed by atoms with van der Waals surface area (Å²) in [6.07, 6.45) is 0. The Morgan fingerprint density at radius 2 is 1.89 bits per heavy atom. The molecule has 10 nitrogen and oxygen atoms in total. The van der Waals surface area contributed by atoms with E-state index in [1.165, 1.54) is 18.6 Å². The molecule has 144 valence electrons. The Morgan fingerprint density at radius 3 is 2.41 bits per heavy atom. The molecule has 2 heterocycles. The van der Waals surface area contributed by atoms with Gasteiger partial charge in [0.1, 0.15) is 4.88 Å². The molecule has 0 aliphatic carbocycles. The monoisotopic (exact) mass is 395 g/mol.